The summed E-state index contributed by atoms with van der Waals surface area (Å²) in [4.78, 5) is 0. The van der Waals surface area contributed by atoms with Crippen LogP contribution in [0.5, 0.6) is 0 Å². The molecule has 134 valence electrons. The lowest BCUT2D eigenvalue weighted by molar-refractivity contribution is 1.13. The summed E-state index contributed by atoms with van der Waals surface area (Å²) in [5.74, 6) is 0. The topological polar surface area (TPSA) is 0 Å². The van der Waals surface area contributed by atoms with Crippen molar-refractivity contribution in [1.29, 1.82) is 0 Å². The van der Waals surface area contributed by atoms with Gasteiger partial charge in [-0.05, 0) is 49.0 Å². The van der Waals surface area contributed by atoms with Gasteiger partial charge in [-0.15, -0.1) is 0 Å². The molecule has 27 heavy (non-hydrogen) atoms. The Bertz CT molecular complexity index is 977. The summed E-state index contributed by atoms with van der Waals surface area (Å²) in [5.41, 5.74) is 8.85. The van der Waals surface area contributed by atoms with Gasteiger partial charge in [0.05, 0.1) is 9.52 Å². The highest BCUT2D eigenvalue weighted by Gasteiger charge is 2.23. The summed E-state index contributed by atoms with van der Waals surface area (Å²) in [6.07, 6.45) is 2.15. The van der Waals surface area contributed by atoms with Crippen LogP contribution < -0.4 is 5.19 Å². The Balaban J connectivity index is 1.75. The first-order valence-corrected chi connectivity index (χ1v) is 11.2. The highest BCUT2D eigenvalue weighted by Crippen LogP contribution is 2.39. The fourth-order valence-corrected chi connectivity index (χ4v) is 6.12. The number of allylic oxidation sites excluding steroid dienone is 4. The maximum atomic E-state index is 2.33. The highest BCUT2D eigenvalue weighted by molar-refractivity contribution is 6.63. The van der Waals surface area contributed by atoms with Gasteiger partial charge in [0.25, 0.3) is 0 Å². The summed E-state index contributed by atoms with van der Waals surface area (Å²) in [6.45, 7) is 4.50. The Morgan fingerprint density at radius 2 is 1.37 bits per heavy atom. The molecule has 0 N–H and O–H groups in total. The van der Waals surface area contributed by atoms with Gasteiger partial charge in [0.2, 0.25) is 0 Å². The zero-order chi connectivity index (χ0) is 18.6. The average molecular weight is 367 g/mol. The quantitative estimate of drug-likeness (QED) is 0.547. The van der Waals surface area contributed by atoms with Crippen LogP contribution in [-0.2, 0) is 6.42 Å². The Hall–Kier alpha value is -2.64. The summed E-state index contributed by atoms with van der Waals surface area (Å²) >= 11 is 0. The van der Waals surface area contributed by atoms with Crippen LogP contribution in [0.4, 0.5) is 0 Å². The molecule has 0 fully saturated rings. The lowest BCUT2D eigenvalue weighted by Crippen LogP contribution is -2.18. The molecule has 1 heteroatoms. The van der Waals surface area contributed by atoms with E-state index in [1.807, 2.05) is 0 Å². The maximum Gasteiger partial charge on any atom is 0.0882 e. The first kappa shape index (κ1) is 17.8. The average Bonchev–Trinajstić information content (AvgIpc) is 3.00. The zero-order valence-electron chi connectivity index (χ0n) is 16.2. The third kappa shape index (κ3) is 4.04. The van der Waals surface area contributed by atoms with E-state index in [2.05, 4.69) is 98.8 Å². The molecular formula is C26H26Si. The summed E-state index contributed by atoms with van der Waals surface area (Å²) in [5, 5.41) is 3.18. The highest BCUT2D eigenvalue weighted by atomic mass is 28.2. The molecule has 0 heterocycles. The van der Waals surface area contributed by atoms with Crippen LogP contribution in [0.2, 0.25) is 0 Å². The van der Waals surface area contributed by atoms with Gasteiger partial charge in [-0.2, -0.15) is 0 Å². The van der Waals surface area contributed by atoms with Crippen LogP contribution in [0.25, 0.3) is 5.57 Å². The van der Waals surface area contributed by atoms with E-state index in [1.54, 1.807) is 21.9 Å². The largest absolute Gasteiger partial charge is 0.0882 e. The van der Waals surface area contributed by atoms with Crippen LogP contribution in [0.15, 0.2) is 101 Å². The first-order chi connectivity index (χ1) is 13.2. The second kappa shape index (κ2) is 7.94. The second-order valence-corrected chi connectivity index (χ2v) is 9.46. The first-order valence-electron chi connectivity index (χ1n) is 9.76. The van der Waals surface area contributed by atoms with Gasteiger partial charge >= 0.3 is 0 Å². The smallest absolute Gasteiger partial charge is 0.0655 e. The summed E-state index contributed by atoms with van der Waals surface area (Å²) in [7, 11) is -0.509. The lowest BCUT2D eigenvalue weighted by Gasteiger charge is -2.13. The molecule has 0 aromatic heterocycles. The SMILES string of the molecule is CC1=C(Cc2ccccc2)C([SiH2]c2ccccc2)=C(c2ccc(C)cc2)C1. The van der Waals surface area contributed by atoms with Crippen LogP contribution in [-0.4, -0.2) is 9.52 Å². The zero-order valence-corrected chi connectivity index (χ0v) is 17.6. The van der Waals surface area contributed by atoms with Crippen molar-refractivity contribution in [2.45, 2.75) is 26.7 Å². The van der Waals surface area contributed by atoms with Crippen molar-refractivity contribution >= 4 is 20.3 Å². The van der Waals surface area contributed by atoms with Crippen molar-refractivity contribution in [3.63, 3.8) is 0 Å². The van der Waals surface area contributed by atoms with E-state index >= 15 is 0 Å². The van der Waals surface area contributed by atoms with E-state index in [-0.39, 0.29) is 0 Å². The molecule has 3 aromatic carbocycles. The number of aryl methyl sites for hydroxylation is 1. The van der Waals surface area contributed by atoms with E-state index in [0.29, 0.717) is 0 Å². The van der Waals surface area contributed by atoms with E-state index in [0.717, 1.165) is 12.8 Å². The third-order valence-corrected chi connectivity index (χ3v) is 7.62. The molecular weight excluding hydrogens is 340 g/mol. The number of benzene rings is 3. The van der Waals surface area contributed by atoms with Crippen molar-refractivity contribution in [3.05, 3.63) is 118 Å². The van der Waals surface area contributed by atoms with Gasteiger partial charge in [0.1, 0.15) is 0 Å². The molecule has 0 unspecified atom stereocenters. The Morgan fingerprint density at radius 1 is 0.741 bits per heavy atom. The van der Waals surface area contributed by atoms with Crippen LogP contribution in [0, 0.1) is 6.92 Å². The minimum absolute atomic E-state index is 0.509. The van der Waals surface area contributed by atoms with Gasteiger partial charge in [0.15, 0.2) is 0 Å². The van der Waals surface area contributed by atoms with Gasteiger partial charge in [-0.3, -0.25) is 0 Å². The second-order valence-electron chi connectivity index (χ2n) is 7.58. The molecule has 0 spiro atoms. The van der Waals surface area contributed by atoms with Crippen LogP contribution in [0.3, 0.4) is 0 Å². The van der Waals surface area contributed by atoms with Crippen molar-refractivity contribution in [3.8, 4) is 0 Å². The molecule has 0 saturated carbocycles. The van der Waals surface area contributed by atoms with Gasteiger partial charge in [-0.1, -0.05) is 106 Å². The van der Waals surface area contributed by atoms with Crippen LogP contribution >= 0.6 is 0 Å². The predicted molar refractivity (Wildman–Crippen MR) is 120 cm³/mol. The molecule has 1 aliphatic carbocycles. The van der Waals surface area contributed by atoms with Crippen LogP contribution in [0.1, 0.15) is 30.0 Å². The monoisotopic (exact) mass is 366 g/mol. The molecule has 0 amide bonds. The van der Waals surface area contributed by atoms with Gasteiger partial charge < -0.3 is 0 Å². The number of hydrogen-bond acceptors (Lipinski definition) is 0. The van der Waals surface area contributed by atoms with E-state index < -0.39 is 9.52 Å². The molecule has 3 aromatic rings. The van der Waals surface area contributed by atoms with Crippen molar-refractivity contribution in [2.75, 3.05) is 0 Å². The van der Waals surface area contributed by atoms with Gasteiger partial charge in [0, 0.05) is 0 Å². The lowest BCUT2D eigenvalue weighted by atomic mass is 10.0. The molecule has 0 radical (unpaired) electrons. The van der Waals surface area contributed by atoms with E-state index in [1.165, 1.54) is 21.9 Å². The molecule has 1 aliphatic rings. The van der Waals surface area contributed by atoms with E-state index in [4.69, 9.17) is 0 Å². The maximum absolute atomic E-state index is 2.33. The van der Waals surface area contributed by atoms with Gasteiger partial charge in [-0.25, -0.2) is 0 Å². The molecule has 4 rings (SSSR count). The Morgan fingerprint density at radius 3 is 2.04 bits per heavy atom. The minimum Gasteiger partial charge on any atom is -0.0655 e. The predicted octanol–water partition coefficient (Wildman–Crippen LogP) is 5.16. The van der Waals surface area contributed by atoms with Crippen molar-refractivity contribution in [2.24, 2.45) is 0 Å². The normalized spacial score (nSPS) is 14.6. The molecule has 0 atom stereocenters. The summed E-state index contributed by atoms with van der Waals surface area (Å²) < 4.78 is 0. The summed E-state index contributed by atoms with van der Waals surface area (Å²) in [6, 6.07) is 31.1. The molecule has 0 nitrogen and oxygen atoms in total. The minimum atomic E-state index is -0.509. The van der Waals surface area contributed by atoms with E-state index in [9.17, 15) is 0 Å². The molecule has 0 bridgehead atoms. The number of rotatable bonds is 5. The van der Waals surface area contributed by atoms with Crippen molar-refractivity contribution in [1.82, 2.24) is 0 Å². The Kier molecular flexibility index (Phi) is 5.22. The number of hydrogen-bond donors (Lipinski definition) is 0. The molecule has 0 aliphatic heterocycles. The van der Waals surface area contributed by atoms with Crippen molar-refractivity contribution < 1.29 is 0 Å². The molecule has 0 saturated heterocycles. The fourth-order valence-electron chi connectivity index (χ4n) is 4.02. The fraction of sp³-hybridized carbons (Fsp3) is 0.154. The standard InChI is InChI=1S/C26H26Si/c1-19-13-15-22(16-14-19)25-17-20(2)24(18-21-9-5-3-6-10-21)26(25)27-23-11-7-4-8-12-23/h3-16H,17-18,27H2,1-2H3. The third-order valence-electron chi connectivity index (χ3n) is 5.53. The Labute approximate surface area is 165 Å².